The van der Waals surface area contributed by atoms with Crippen LogP contribution in [0.1, 0.15) is 12.5 Å². The molecule has 2 rings (SSSR count). The smallest absolute Gasteiger partial charge is 0.319 e. The molecule has 24 heavy (non-hydrogen) atoms. The van der Waals surface area contributed by atoms with Gasteiger partial charge in [0.05, 0.1) is 0 Å². The van der Waals surface area contributed by atoms with Gasteiger partial charge in [-0.05, 0) is 36.8 Å². The van der Waals surface area contributed by atoms with Crippen LogP contribution in [-0.2, 0) is 11.3 Å². The van der Waals surface area contributed by atoms with E-state index < -0.39 is 0 Å². The van der Waals surface area contributed by atoms with Gasteiger partial charge < -0.3 is 20.7 Å². The number of hydrogen-bond donors (Lipinski definition) is 3. The molecule has 0 spiro atoms. The summed E-state index contributed by atoms with van der Waals surface area (Å²) in [5.41, 5.74) is 1.67. The van der Waals surface area contributed by atoms with Gasteiger partial charge in [-0.1, -0.05) is 30.3 Å². The van der Waals surface area contributed by atoms with E-state index >= 15 is 0 Å². The lowest BCUT2D eigenvalue weighted by atomic mass is 10.2. The van der Waals surface area contributed by atoms with Gasteiger partial charge >= 0.3 is 6.03 Å². The molecule has 0 fully saturated rings. The van der Waals surface area contributed by atoms with E-state index in [-0.39, 0.29) is 18.5 Å². The summed E-state index contributed by atoms with van der Waals surface area (Å²) in [6, 6.07) is 16.2. The standard InChI is InChI=1S/C18H21N3O3/c1-2-19-17(22)13-24-16-10-8-15(9-11-16)21-18(23)20-12-14-6-4-3-5-7-14/h3-11H,2,12-13H2,1H3,(H,19,22)(H2,20,21,23). The van der Waals surface area contributed by atoms with Gasteiger partial charge in [-0.25, -0.2) is 4.79 Å². The van der Waals surface area contributed by atoms with E-state index in [0.717, 1.165) is 5.56 Å². The largest absolute Gasteiger partial charge is 0.484 e. The second kappa shape index (κ2) is 9.19. The van der Waals surface area contributed by atoms with Crippen molar-refractivity contribution in [1.29, 1.82) is 0 Å². The maximum atomic E-state index is 11.9. The average Bonchev–Trinajstić information content (AvgIpc) is 2.60. The first-order chi connectivity index (χ1) is 11.7. The summed E-state index contributed by atoms with van der Waals surface area (Å²) in [7, 11) is 0. The Labute approximate surface area is 141 Å². The summed E-state index contributed by atoms with van der Waals surface area (Å²) in [4.78, 5) is 23.2. The van der Waals surface area contributed by atoms with Gasteiger partial charge in [0.25, 0.3) is 5.91 Å². The van der Waals surface area contributed by atoms with Crippen LogP contribution in [0.4, 0.5) is 10.5 Å². The SMILES string of the molecule is CCNC(=O)COc1ccc(NC(=O)NCc2ccccc2)cc1. The first-order valence-electron chi connectivity index (χ1n) is 7.75. The number of urea groups is 1. The summed E-state index contributed by atoms with van der Waals surface area (Å²) >= 11 is 0. The zero-order valence-electron chi connectivity index (χ0n) is 13.5. The Balaban J connectivity index is 1.76. The normalized spacial score (nSPS) is 9.88. The maximum absolute atomic E-state index is 11.9. The molecule has 0 aromatic heterocycles. The van der Waals surface area contributed by atoms with E-state index in [0.29, 0.717) is 24.5 Å². The fraction of sp³-hybridized carbons (Fsp3) is 0.222. The van der Waals surface area contributed by atoms with Crippen molar-refractivity contribution in [3.05, 3.63) is 60.2 Å². The van der Waals surface area contributed by atoms with E-state index in [1.54, 1.807) is 24.3 Å². The average molecular weight is 327 g/mol. The lowest BCUT2D eigenvalue weighted by Crippen LogP contribution is -2.28. The number of ether oxygens (including phenoxy) is 1. The van der Waals surface area contributed by atoms with Crippen molar-refractivity contribution in [2.45, 2.75) is 13.5 Å². The van der Waals surface area contributed by atoms with E-state index in [4.69, 9.17) is 4.74 Å². The van der Waals surface area contributed by atoms with Crippen LogP contribution in [0.15, 0.2) is 54.6 Å². The molecule has 0 aliphatic carbocycles. The third-order valence-corrected chi connectivity index (χ3v) is 3.15. The van der Waals surface area contributed by atoms with Crippen LogP contribution in [0.5, 0.6) is 5.75 Å². The van der Waals surface area contributed by atoms with Gasteiger partial charge in [0.15, 0.2) is 6.61 Å². The van der Waals surface area contributed by atoms with Crippen LogP contribution in [0.25, 0.3) is 0 Å². The highest BCUT2D eigenvalue weighted by molar-refractivity contribution is 5.89. The number of carbonyl (C=O) groups excluding carboxylic acids is 2. The van der Waals surface area contributed by atoms with Gasteiger partial charge in [0.1, 0.15) is 5.75 Å². The molecule has 0 unspecified atom stereocenters. The monoisotopic (exact) mass is 327 g/mol. The minimum atomic E-state index is -0.283. The third-order valence-electron chi connectivity index (χ3n) is 3.15. The Morgan fingerprint density at radius 1 is 0.958 bits per heavy atom. The minimum Gasteiger partial charge on any atom is -0.484 e. The van der Waals surface area contributed by atoms with Crippen molar-refractivity contribution in [2.75, 3.05) is 18.5 Å². The van der Waals surface area contributed by atoms with Gasteiger partial charge in [-0.2, -0.15) is 0 Å². The highest BCUT2D eigenvalue weighted by Crippen LogP contribution is 2.15. The second-order valence-corrected chi connectivity index (χ2v) is 5.06. The summed E-state index contributed by atoms with van der Waals surface area (Å²) in [5.74, 6) is 0.400. The van der Waals surface area contributed by atoms with Gasteiger partial charge in [0, 0.05) is 18.8 Å². The molecule has 0 aliphatic rings. The fourth-order valence-electron chi connectivity index (χ4n) is 1.99. The zero-order valence-corrected chi connectivity index (χ0v) is 13.5. The molecule has 0 aliphatic heterocycles. The molecule has 0 heterocycles. The number of amides is 3. The number of benzene rings is 2. The zero-order chi connectivity index (χ0) is 17.2. The fourth-order valence-corrected chi connectivity index (χ4v) is 1.99. The number of likely N-dealkylation sites (N-methyl/N-ethyl adjacent to an activating group) is 1. The molecule has 6 nitrogen and oxygen atoms in total. The van der Waals surface area contributed by atoms with Gasteiger partial charge in [-0.3, -0.25) is 4.79 Å². The van der Waals surface area contributed by atoms with Crippen molar-refractivity contribution >= 4 is 17.6 Å². The first-order valence-corrected chi connectivity index (χ1v) is 7.75. The molecular formula is C18H21N3O3. The number of anilines is 1. The van der Waals surface area contributed by atoms with Crippen LogP contribution < -0.4 is 20.7 Å². The summed E-state index contributed by atoms with van der Waals surface area (Å²) in [6.07, 6.45) is 0. The number of carbonyl (C=O) groups is 2. The third kappa shape index (κ3) is 6.00. The molecule has 6 heteroatoms. The minimum absolute atomic E-state index is 0.0296. The lowest BCUT2D eigenvalue weighted by Gasteiger charge is -2.09. The topological polar surface area (TPSA) is 79.5 Å². The summed E-state index contributed by atoms with van der Waals surface area (Å²) in [5, 5.41) is 8.17. The van der Waals surface area contributed by atoms with Crippen LogP contribution in [0.3, 0.4) is 0 Å². The van der Waals surface area contributed by atoms with Crippen molar-refractivity contribution in [3.63, 3.8) is 0 Å². The van der Waals surface area contributed by atoms with Crippen LogP contribution in [0, 0.1) is 0 Å². The molecule has 3 N–H and O–H groups in total. The van der Waals surface area contributed by atoms with E-state index in [1.165, 1.54) is 0 Å². The molecule has 0 atom stereocenters. The lowest BCUT2D eigenvalue weighted by molar-refractivity contribution is -0.122. The van der Waals surface area contributed by atoms with Crippen LogP contribution >= 0.6 is 0 Å². The maximum Gasteiger partial charge on any atom is 0.319 e. The molecule has 2 aromatic rings. The number of hydrogen-bond acceptors (Lipinski definition) is 3. The molecule has 0 saturated heterocycles. The number of nitrogens with one attached hydrogen (secondary N) is 3. The highest BCUT2D eigenvalue weighted by atomic mass is 16.5. The van der Waals surface area contributed by atoms with Crippen LogP contribution in [0.2, 0.25) is 0 Å². The molecule has 0 bridgehead atoms. The van der Waals surface area contributed by atoms with Crippen molar-refractivity contribution < 1.29 is 14.3 Å². The molecular weight excluding hydrogens is 306 g/mol. The highest BCUT2D eigenvalue weighted by Gasteiger charge is 2.04. The predicted octanol–water partition coefficient (Wildman–Crippen LogP) is 2.52. The van der Waals surface area contributed by atoms with Crippen molar-refractivity contribution in [1.82, 2.24) is 10.6 Å². The Bertz CT molecular complexity index is 657. The number of rotatable bonds is 7. The summed E-state index contributed by atoms with van der Waals surface area (Å²) < 4.78 is 5.35. The predicted molar refractivity (Wildman–Crippen MR) is 92.9 cm³/mol. The molecule has 0 saturated carbocycles. The first kappa shape index (κ1) is 17.3. The Hall–Kier alpha value is -3.02. The van der Waals surface area contributed by atoms with Gasteiger partial charge in [0.2, 0.25) is 0 Å². The quantitative estimate of drug-likeness (QED) is 0.731. The van der Waals surface area contributed by atoms with E-state index in [1.807, 2.05) is 37.3 Å². The summed E-state index contributed by atoms with van der Waals surface area (Å²) in [6.45, 7) is 2.85. The van der Waals surface area contributed by atoms with Crippen molar-refractivity contribution in [3.8, 4) is 5.75 Å². The van der Waals surface area contributed by atoms with Crippen molar-refractivity contribution in [2.24, 2.45) is 0 Å². The Morgan fingerprint density at radius 3 is 2.33 bits per heavy atom. The van der Waals surface area contributed by atoms with Crippen LogP contribution in [-0.4, -0.2) is 25.1 Å². The molecule has 2 aromatic carbocycles. The van der Waals surface area contributed by atoms with Gasteiger partial charge in [-0.15, -0.1) is 0 Å². The van der Waals surface area contributed by atoms with E-state index in [9.17, 15) is 9.59 Å². The van der Waals surface area contributed by atoms with E-state index in [2.05, 4.69) is 16.0 Å². The molecule has 126 valence electrons. The Kier molecular flexibility index (Phi) is 6.64. The molecule has 3 amide bonds. The molecule has 0 radical (unpaired) electrons. The Morgan fingerprint density at radius 2 is 1.67 bits per heavy atom. The second-order valence-electron chi connectivity index (χ2n) is 5.06.